The van der Waals surface area contributed by atoms with Crippen LogP contribution in [0.3, 0.4) is 0 Å². The Hall–Kier alpha value is -1.85. The van der Waals surface area contributed by atoms with Crippen molar-refractivity contribution in [3.05, 3.63) is 46.4 Å². The van der Waals surface area contributed by atoms with Crippen molar-refractivity contribution < 1.29 is 4.79 Å². The molecular formula is C13H10BrN3O. The summed E-state index contributed by atoms with van der Waals surface area (Å²) in [6.07, 6.45) is 0. The number of carbonyl (C=O) groups excluding carboxylic acids is 1. The number of hydrazine groups is 1. The fourth-order valence-electron chi connectivity index (χ4n) is 2.10. The predicted octanol–water partition coefficient (Wildman–Crippen LogP) is 2.69. The molecule has 90 valence electrons. The van der Waals surface area contributed by atoms with Crippen LogP contribution in [0.2, 0.25) is 0 Å². The van der Waals surface area contributed by atoms with Gasteiger partial charge in [0, 0.05) is 31.8 Å². The van der Waals surface area contributed by atoms with E-state index in [0.717, 1.165) is 26.3 Å². The normalized spacial score (nSPS) is 11.0. The first kappa shape index (κ1) is 11.3. The van der Waals surface area contributed by atoms with Gasteiger partial charge < -0.3 is 4.98 Å². The summed E-state index contributed by atoms with van der Waals surface area (Å²) in [5, 5.41) is 2.21. The van der Waals surface area contributed by atoms with Crippen LogP contribution in [-0.4, -0.2) is 10.9 Å². The van der Waals surface area contributed by atoms with Crippen LogP contribution in [0, 0.1) is 0 Å². The van der Waals surface area contributed by atoms with Crippen molar-refractivity contribution in [1.82, 2.24) is 10.4 Å². The van der Waals surface area contributed by atoms with E-state index in [0.29, 0.717) is 5.56 Å². The first-order valence-electron chi connectivity index (χ1n) is 5.41. The van der Waals surface area contributed by atoms with Gasteiger partial charge in [0.25, 0.3) is 5.91 Å². The van der Waals surface area contributed by atoms with Crippen LogP contribution in [-0.2, 0) is 0 Å². The van der Waals surface area contributed by atoms with Crippen molar-refractivity contribution in [1.29, 1.82) is 0 Å². The molecule has 1 heterocycles. The Morgan fingerprint density at radius 2 is 1.94 bits per heavy atom. The number of hydrogen-bond acceptors (Lipinski definition) is 2. The molecule has 0 saturated heterocycles. The monoisotopic (exact) mass is 303 g/mol. The van der Waals surface area contributed by atoms with Gasteiger partial charge in [0.2, 0.25) is 0 Å². The summed E-state index contributed by atoms with van der Waals surface area (Å²) in [5.41, 5.74) is 4.63. The summed E-state index contributed by atoms with van der Waals surface area (Å²) in [5.74, 6) is 4.83. The van der Waals surface area contributed by atoms with Gasteiger partial charge in [-0.3, -0.25) is 10.2 Å². The highest BCUT2D eigenvalue weighted by atomic mass is 79.9. The molecule has 0 saturated carbocycles. The molecule has 2 aromatic carbocycles. The second-order valence-corrected chi connectivity index (χ2v) is 4.96. The van der Waals surface area contributed by atoms with Gasteiger partial charge in [-0.15, -0.1) is 0 Å². The lowest BCUT2D eigenvalue weighted by Crippen LogP contribution is -2.29. The van der Waals surface area contributed by atoms with Gasteiger partial charge in [0.15, 0.2) is 0 Å². The number of nitrogen functional groups attached to an aromatic ring is 1. The molecule has 3 aromatic rings. The molecule has 3 rings (SSSR count). The fourth-order valence-corrected chi connectivity index (χ4v) is 2.46. The third-order valence-corrected chi connectivity index (χ3v) is 3.45. The highest BCUT2D eigenvalue weighted by Gasteiger charge is 2.08. The number of fused-ring (bicyclic) bond motifs is 3. The number of hydrogen-bond donors (Lipinski definition) is 3. The molecule has 0 bridgehead atoms. The Kier molecular flexibility index (Phi) is 2.57. The van der Waals surface area contributed by atoms with Crippen LogP contribution in [0.5, 0.6) is 0 Å². The lowest BCUT2D eigenvalue weighted by Gasteiger charge is -1.99. The minimum absolute atomic E-state index is 0.295. The molecule has 0 aliphatic rings. The van der Waals surface area contributed by atoms with Gasteiger partial charge >= 0.3 is 0 Å². The van der Waals surface area contributed by atoms with Gasteiger partial charge in [-0.1, -0.05) is 22.0 Å². The number of carbonyl (C=O) groups is 1. The van der Waals surface area contributed by atoms with Crippen LogP contribution in [0.15, 0.2) is 40.9 Å². The van der Waals surface area contributed by atoms with Crippen LogP contribution < -0.4 is 11.3 Å². The minimum Gasteiger partial charge on any atom is -0.354 e. The smallest absolute Gasteiger partial charge is 0.265 e. The molecule has 4 nitrogen and oxygen atoms in total. The summed E-state index contributed by atoms with van der Waals surface area (Å²) < 4.78 is 1.03. The Morgan fingerprint density at radius 3 is 2.72 bits per heavy atom. The van der Waals surface area contributed by atoms with Crippen molar-refractivity contribution in [3.63, 3.8) is 0 Å². The van der Waals surface area contributed by atoms with E-state index in [4.69, 9.17) is 5.84 Å². The molecule has 5 heteroatoms. The second-order valence-electron chi connectivity index (χ2n) is 4.05. The van der Waals surface area contributed by atoms with Gasteiger partial charge in [0.1, 0.15) is 0 Å². The molecule has 0 fully saturated rings. The van der Waals surface area contributed by atoms with Crippen molar-refractivity contribution in [3.8, 4) is 0 Å². The largest absolute Gasteiger partial charge is 0.354 e. The highest BCUT2D eigenvalue weighted by molar-refractivity contribution is 9.10. The van der Waals surface area contributed by atoms with Crippen molar-refractivity contribution in [2.75, 3.05) is 0 Å². The van der Waals surface area contributed by atoms with E-state index in [-0.39, 0.29) is 5.91 Å². The number of aromatic nitrogens is 1. The quantitative estimate of drug-likeness (QED) is 0.367. The summed E-state index contributed by atoms with van der Waals surface area (Å²) in [7, 11) is 0. The van der Waals surface area contributed by atoms with E-state index in [9.17, 15) is 4.79 Å². The standard InChI is InChI=1S/C13H10BrN3O/c14-8-2-4-11-10(6-8)9-3-1-7(13(18)17-15)5-12(9)16-11/h1-6,16H,15H2,(H,17,18). The van der Waals surface area contributed by atoms with Crippen molar-refractivity contribution in [2.45, 2.75) is 0 Å². The minimum atomic E-state index is -0.295. The van der Waals surface area contributed by atoms with Crippen LogP contribution >= 0.6 is 15.9 Å². The number of nitrogens with one attached hydrogen (secondary N) is 2. The number of nitrogens with two attached hydrogens (primary N) is 1. The Morgan fingerprint density at radius 1 is 1.11 bits per heavy atom. The van der Waals surface area contributed by atoms with Gasteiger partial charge in [-0.2, -0.15) is 0 Å². The first-order chi connectivity index (χ1) is 8.69. The fraction of sp³-hybridized carbons (Fsp3) is 0. The lowest BCUT2D eigenvalue weighted by molar-refractivity contribution is 0.0954. The van der Waals surface area contributed by atoms with Crippen molar-refractivity contribution >= 4 is 43.6 Å². The maximum Gasteiger partial charge on any atom is 0.265 e. The number of rotatable bonds is 1. The molecule has 0 atom stereocenters. The summed E-state index contributed by atoms with van der Waals surface area (Å²) in [4.78, 5) is 14.8. The van der Waals surface area contributed by atoms with E-state index in [1.165, 1.54) is 0 Å². The van der Waals surface area contributed by atoms with Crippen molar-refractivity contribution in [2.24, 2.45) is 5.84 Å². The van der Waals surface area contributed by atoms with E-state index >= 15 is 0 Å². The number of H-pyrrole nitrogens is 1. The number of benzene rings is 2. The number of aromatic amines is 1. The summed E-state index contributed by atoms with van der Waals surface area (Å²) >= 11 is 3.46. The third-order valence-electron chi connectivity index (χ3n) is 2.95. The van der Waals surface area contributed by atoms with Crippen LogP contribution in [0.1, 0.15) is 10.4 Å². The number of amides is 1. The maximum atomic E-state index is 11.5. The van der Waals surface area contributed by atoms with E-state index in [2.05, 4.69) is 32.4 Å². The average molecular weight is 304 g/mol. The second kappa shape index (κ2) is 4.12. The predicted molar refractivity (Wildman–Crippen MR) is 75.2 cm³/mol. The maximum absolute atomic E-state index is 11.5. The summed E-state index contributed by atoms with van der Waals surface area (Å²) in [6, 6.07) is 11.5. The zero-order valence-corrected chi connectivity index (χ0v) is 10.9. The van der Waals surface area contributed by atoms with Gasteiger partial charge in [0.05, 0.1) is 0 Å². The summed E-state index contributed by atoms with van der Waals surface area (Å²) in [6.45, 7) is 0. The van der Waals surface area contributed by atoms with Gasteiger partial charge in [-0.05, 0) is 30.3 Å². The zero-order valence-electron chi connectivity index (χ0n) is 9.33. The molecule has 0 aliphatic carbocycles. The van der Waals surface area contributed by atoms with Crippen LogP contribution in [0.4, 0.5) is 0 Å². The molecule has 0 aliphatic heterocycles. The Balaban J connectivity index is 2.30. The molecule has 4 N–H and O–H groups in total. The molecule has 0 spiro atoms. The molecule has 0 radical (unpaired) electrons. The third kappa shape index (κ3) is 1.68. The van der Waals surface area contributed by atoms with E-state index < -0.39 is 0 Å². The van der Waals surface area contributed by atoms with Gasteiger partial charge in [-0.25, -0.2) is 5.84 Å². The molecule has 0 unspecified atom stereocenters. The Labute approximate surface area is 111 Å². The SMILES string of the molecule is NNC(=O)c1ccc2c(c1)[nH]c1ccc(Br)cc12. The Bertz CT molecular complexity index is 763. The molecular weight excluding hydrogens is 294 g/mol. The van der Waals surface area contributed by atoms with E-state index in [1.54, 1.807) is 12.1 Å². The average Bonchev–Trinajstić information content (AvgIpc) is 2.74. The first-order valence-corrected chi connectivity index (χ1v) is 6.20. The molecule has 18 heavy (non-hydrogen) atoms. The number of halogens is 1. The van der Waals surface area contributed by atoms with E-state index in [1.807, 2.05) is 18.2 Å². The topological polar surface area (TPSA) is 70.9 Å². The lowest BCUT2D eigenvalue weighted by atomic mass is 10.1. The molecule has 1 amide bonds. The molecule has 1 aromatic heterocycles. The highest BCUT2D eigenvalue weighted by Crippen LogP contribution is 2.28. The zero-order chi connectivity index (χ0) is 12.7. The van der Waals surface area contributed by atoms with Crippen LogP contribution in [0.25, 0.3) is 21.8 Å².